The van der Waals surface area contributed by atoms with Gasteiger partial charge in [0.2, 0.25) is 0 Å². The van der Waals surface area contributed by atoms with Crippen LogP contribution in [-0.2, 0) is 6.42 Å². The van der Waals surface area contributed by atoms with Gasteiger partial charge < -0.3 is 0 Å². The second-order valence-corrected chi connectivity index (χ2v) is 5.36. The first-order valence-corrected chi connectivity index (χ1v) is 6.67. The van der Waals surface area contributed by atoms with E-state index in [1.54, 1.807) is 0 Å². The summed E-state index contributed by atoms with van der Waals surface area (Å²) in [4.78, 5) is 11.9. The SMILES string of the molecule is O=C(Cc1ccc(F)c(Br)c1)c1cc(F)c(Cl)cc1F. The van der Waals surface area contributed by atoms with Crippen LogP contribution >= 0.6 is 27.5 Å². The number of carbonyl (C=O) groups excluding carboxylic acids is 1. The fourth-order valence-electron chi connectivity index (χ4n) is 1.67. The Morgan fingerprint density at radius 2 is 1.75 bits per heavy atom. The summed E-state index contributed by atoms with van der Waals surface area (Å²) in [5, 5.41) is -0.386. The zero-order chi connectivity index (χ0) is 14.9. The normalized spacial score (nSPS) is 10.7. The molecule has 20 heavy (non-hydrogen) atoms. The lowest BCUT2D eigenvalue weighted by molar-refractivity contribution is 0.0988. The van der Waals surface area contributed by atoms with E-state index in [4.69, 9.17) is 11.6 Å². The molecule has 0 aliphatic heterocycles. The van der Waals surface area contributed by atoms with Crippen molar-refractivity contribution in [2.45, 2.75) is 6.42 Å². The molecule has 0 radical (unpaired) electrons. The molecule has 104 valence electrons. The number of carbonyl (C=O) groups is 1. The molecule has 0 bridgehead atoms. The lowest BCUT2D eigenvalue weighted by Gasteiger charge is -2.05. The topological polar surface area (TPSA) is 17.1 Å². The Hall–Kier alpha value is -1.33. The predicted molar refractivity (Wildman–Crippen MR) is 73.5 cm³/mol. The van der Waals surface area contributed by atoms with Gasteiger partial charge in [0.05, 0.1) is 15.1 Å². The largest absolute Gasteiger partial charge is 0.294 e. The maximum absolute atomic E-state index is 13.6. The van der Waals surface area contributed by atoms with E-state index in [1.165, 1.54) is 18.2 Å². The van der Waals surface area contributed by atoms with Crippen molar-refractivity contribution in [1.82, 2.24) is 0 Å². The molecular formula is C14H7BrClF3O. The highest BCUT2D eigenvalue weighted by molar-refractivity contribution is 9.10. The Kier molecular flexibility index (Phi) is 4.50. The lowest BCUT2D eigenvalue weighted by atomic mass is 10.0. The first-order valence-electron chi connectivity index (χ1n) is 5.50. The van der Waals surface area contributed by atoms with E-state index < -0.39 is 23.2 Å². The number of hydrogen-bond acceptors (Lipinski definition) is 1. The van der Waals surface area contributed by atoms with Crippen LogP contribution in [0.2, 0.25) is 5.02 Å². The predicted octanol–water partition coefficient (Wildman–Crippen LogP) is 4.95. The molecule has 0 unspecified atom stereocenters. The molecule has 0 atom stereocenters. The third kappa shape index (κ3) is 3.22. The van der Waals surface area contributed by atoms with Gasteiger partial charge in [0.15, 0.2) is 5.78 Å². The van der Waals surface area contributed by atoms with Crippen molar-refractivity contribution in [3.63, 3.8) is 0 Å². The molecular weight excluding hydrogens is 357 g/mol. The molecule has 0 fully saturated rings. The molecule has 0 aliphatic rings. The van der Waals surface area contributed by atoms with E-state index in [0.717, 1.165) is 12.1 Å². The summed E-state index contributed by atoms with van der Waals surface area (Å²) in [7, 11) is 0. The van der Waals surface area contributed by atoms with Gasteiger partial charge in [-0.25, -0.2) is 13.2 Å². The van der Waals surface area contributed by atoms with Gasteiger partial charge in [-0.3, -0.25) is 4.79 Å². The molecule has 0 N–H and O–H groups in total. The highest BCUT2D eigenvalue weighted by Crippen LogP contribution is 2.22. The summed E-state index contributed by atoms with van der Waals surface area (Å²) in [6.07, 6.45) is -0.170. The van der Waals surface area contributed by atoms with E-state index in [9.17, 15) is 18.0 Å². The van der Waals surface area contributed by atoms with Crippen molar-refractivity contribution in [2.24, 2.45) is 0 Å². The van der Waals surface area contributed by atoms with E-state index in [-0.39, 0.29) is 21.5 Å². The minimum atomic E-state index is -0.887. The maximum Gasteiger partial charge on any atom is 0.170 e. The lowest BCUT2D eigenvalue weighted by Crippen LogP contribution is -2.07. The second-order valence-electron chi connectivity index (χ2n) is 4.09. The average Bonchev–Trinajstić information content (AvgIpc) is 2.38. The van der Waals surface area contributed by atoms with Gasteiger partial charge >= 0.3 is 0 Å². The molecule has 2 rings (SSSR count). The molecule has 0 spiro atoms. The van der Waals surface area contributed by atoms with Crippen molar-refractivity contribution in [3.8, 4) is 0 Å². The Balaban J connectivity index is 2.28. The molecule has 0 aromatic heterocycles. The van der Waals surface area contributed by atoms with E-state index >= 15 is 0 Å². The molecule has 2 aromatic carbocycles. The van der Waals surface area contributed by atoms with Gasteiger partial charge in [0, 0.05) is 6.42 Å². The van der Waals surface area contributed by atoms with Gasteiger partial charge in [0.1, 0.15) is 17.5 Å². The first-order chi connectivity index (χ1) is 9.38. The number of ketones is 1. The summed E-state index contributed by atoms with van der Waals surface area (Å²) < 4.78 is 40.1. The van der Waals surface area contributed by atoms with Crippen LogP contribution in [0.5, 0.6) is 0 Å². The van der Waals surface area contributed by atoms with Crippen LogP contribution in [-0.4, -0.2) is 5.78 Å². The Labute approximate surface area is 126 Å². The van der Waals surface area contributed by atoms with Crippen LogP contribution in [0.1, 0.15) is 15.9 Å². The number of benzene rings is 2. The number of hydrogen-bond donors (Lipinski definition) is 0. The Morgan fingerprint density at radius 1 is 1.05 bits per heavy atom. The fourth-order valence-corrected chi connectivity index (χ4v) is 2.24. The third-order valence-corrected chi connectivity index (χ3v) is 3.56. The zero-order valence-corrected chi connectivity index (χ0v) is 12.2. The minimum absolute atomic E-state index is 0.170. The fraction of sp³-hybridized carbons (Fsp3) is 0.0714. The molecule has 6 heteroatoms. The van der Waals surface area contributed by atoms with Crippen molar-refractivity contribution in [1.29, 1.82) is 0 Å². The molecule has 0 heterocycles. The highest BCUT2D eigenvalue weighted by atomic mass is 79.9. The Bertz CT molecular complexity index is 688. The summed E-state index contributed by atoms with van der Waals surface area (Å²) in [6, 6.07) is 5.52. The van der Waals surface area contributed by atoms with Crippen LogP contribution in [0.15, 0.2) is 34.8 Å². The number of halogens is 5. The smallest absolute Gasteiger partial charge is 0.170 e. The van der Waals surface area contributed by atoms with Crippen LogP contribution < -0.4 is 0 Å². The quantitative estimate of drug-likeness (QED) is 0.557. The summed E-state index contributed by atoms with van der Waals surface area (Å²) >= 11 is 8.40. The van der Waals surface area contributed by atoms with Crippen LogP contribution in [0.4, 0.5) is 13.2 Å². The van der Waals surface area contributed by atoms with Gasteiger partial charge in [0.25, 0.3) is 0 Å². The number of Topliss-reactive ketones (excluding diaryl/α,β-unsaturated/α-hetero) is 1. The zero-order valence-electron chi connectivity index (χ0n) is 9.89. The van der Waals surface area contributed by atoms with Crippen molar-refractivity contribution in [2.75, 3.05) is 0 Å². The minimum Gasteiger partial charge on any atom is -0.294 e. The monoisotopic (exact) mass is 362 g/mol. The van der Waals surface area contributed by atoms with Crippen LogP contribution in [0.3, 0.4) is 0 Å². The molecule has 0 amide bonds. The molecule has 1 nitrogen and oxygen atoms in total. The molecule has 0 saturated carbocycles. The summed E-state index contributed by atoms with van der Waals surface area (Å²) in [5.74, 6) is -2.83. The van der Waals surface area contributed by atoms with E-state index in [0.29, 0.717) is 5.56 Å². The van der Waals surface area contributed by atoms with Gasteiger partial charge in [-0.2, -0.15) is 0 Å². The van der Waals surface area contributed by atoms with Crippen LogP contribution in [0.25, 0.3) is 0 Å². The first kappa shape index (κ1) is 15.1. The molecule has 2 aromatic rings. The summed E-state index contributed by atoms with van der Waals surface area (Å²) in [5.41, 5.74) is 0.102. The molecule has 0 aliphatic carbocycles. The van der Waals surface area contributed by atoms with Gasteiger partial charge in [-0.15, -0.1) is 0 Å². The van der Waals surface area contributed by atoms with E-state index in [1.807, 2.05) is 0 Å². The Morgan fingerprint density at radius 3 is 2.40 bits per heavy atom. The number of rotatable bonds is 3. The standard InChI is InChI=1S/C14H7BrClF3O/c15-9-3-7(1-2-11(9)17)4-14(20)8-5-13(19)10(16)6-12(8)18/h1-3,5-6H,4H2. The van der Waals surface area contributed by atoms with Crippen molar-refractivity contribution < 1.29 is 18.0 Å². The second kappa shape index (κ2) is 5.97. The average molecular weight is 364 g/mol. The third-order valence-electron chi connectivity index (χ3n) is 2.66. The maximum atomic E-state index is 13.6. The summed E-state index contributed by atoms with van der Waals surface area (Å²) in [6.45, 7) is 0. The highest BCUT2D eigenvalue weighted by Gasteiger charge is 2.16. The van der Waals surface area contributed by atoms with Crippen molar-refractivity contribution in [3.05, 3.63) is 68.4 Å². The van der Waals surface area contributed by atoms with E-state index in [2.05, 4.69) is 15.9 Å². The van der Waals surface area contributed by atoms with Gasteiger partial charge in [-0.1, -0.05) is 17.7 Å². The van der Waals surface area contributed by atoms with Crippen LogP contribution in [0, 0.1) is 17.5 Å². The van der Waals surface area contributed by atoms with Crippen molar-refractivity contribution >= 4 is 33.3 Å². The molecule has 0 saturated heterocycles. The van der Waals surface area contributed by atoms with Gasteiger partial charge in [-0.05, 0) is 45.8 Å².